The van der Waals surface area contributed by atoms with Crippen LogP contribution in [0.5, 0.6) is 11.6 Å². The summed E-state index contributed by atoms with van der Waals surface area (Å²) in [7, 11) is -3.25. The number of benzene rings is 1. The summed E-state index contributed by atoms with van der Waals surface area (Å²) in [5.74, 6) is 0.509. The zero-order chi connectivity index (χ0) is 19.4. The number of hydrogen-bond donors (Lipinski definition) is 1. The Hall–Kier alpha value is -2.67. The van der Waals surface area contributed by atoms with E-state index in [4.69, 9.17) is 4.74 Å². The van der Waals surface area contributed by atoms with Crippen molar-refractivity contribution in [2.24, 2.45) is 0 Å². The van der Waals surface area contributed by atoms with Crippen LogP contribution in [0.15, 0.2) is 47.9 Å². The van der Waals surface area contributed by atoms with Crippen LogP contribution >= 0.6 is 0 Å². The summed E-state index contributed by atoms with van der Waals surface area (Å²) < 4.78 is 28.4. The number of rotatable bonds is 6. The van der Waals surface area contributed by atoms with Gasteiger partial charge in [0.25, 0.3) is 5.91 Å². The predicted molar refractivity (Wildman–Crippen MR) is 104 cm³/mol. The normalized spacial score (nSPS) is 14.7. The molecule has 6 nitrogen and oxygen atoms in total. The molecule has 3 rings (SSSR count). The number of fused-ring (bicyclic) bond motifs is 1. The molecule has 142 valence electrons. The van der Waals surface area contributed by atoms with Crippen LogP contribution < -0.4 is 10.1 Å². The molecule has 7 heteroatoms. The lowest BCUT2D eigenvalue weighted by molar-refractivity contribution is 0.0944. The second-order valence-corrected chi connectivity index (χ2v) is 8.57. The van der Waals surface area contributed by atoms with Crippen LogP contribution in [0.2, 0.25) is 0 Å². The van der Waals surface area contributed by atoms with Gasteiger partial charge >= 0.3 is 0 Å². The van der Waals surface area contributed by atoms with E-state index in [-0.39, 0.29) is 11.8 Å². The van der Waals surface area contributed by atoms with Crippen LogP contribution in [0.4, 0.5) is 0 Å². The van der Waals surface area contributed by atoms with Gasteiger partial charge in [0.05, 0.1) is 0 Å². The summed E-state index contributed by atoms with van der Waals surface area (Å²) in [5.41, 5.74) is 2.36. The summed E-state index contributed by atoms with van der Waals surface area (Å²) in [5, 5.41) is 3.86. The molecule has 0 spiro atoms. The zero-order valence-electron chi connectivity index (χ0n) is 15.3. The van der Waals surface area contributed by atoms with E-state index in [1.165, 1.54) is 6.08 Å². The van der Waals surface area contributed by atoms with Crippen molar-refractivity contribution in [3.63, 3.8) is 0 Å². The number of ether oxygens (including phenoxy) is 1. The molecular formula is C20H22N2O4S. The van der Waals surface area contributed by atoms with E-state index < -0.39 is 15.9 Å². The first-order chi connectivity index (χ1) is 12.8. The maximum atomic E-state index is 12.8. The minimum absolute atomic E-state index is 0.263. The lowest BCUT2D eigenvalue weighted by Gasteiger charge is -2.14. The molecular weight excluding hydrogens is 364 g/mol. The van der Waals surface area contributed by atoms with Crippen molar-refractivity contribution in [2.45, 2.75) is 32.2 Å². The first-order valence-corrected chi connectivity index (χ1v) is 10.7. The van der Waals surface area contributed by atoms with Crippen molar-refractivity contribution in [3.8, 4) is 11.6 Å². The smallest absolute Gasteiger partial charge is 0.257 e. The van der Waals surface area contributed by atoms with Crippen molar-refractivity contribution < 1.29 is 17.9 Å². The van der Waals surface area contributed by atoms with Crippen molar-refractivity contribution in [2.75, 3.05) is 6.26 Å². The quantitative estimate of drug-likeness (QED) is 0.825. The van der Waals surface area contributed by atoms with Crippen LogP contribution in [0.25, 0.3) is 0 Å². The average Bonchev–Trinajstić information content (AvgIpc) is 3.07. The van der Waals surface area contributed by atoms with E-state index >= 15 is 0 Å². The third-order valence-electron chi connectivity index (χ3n) is 4.19. The number of amides is 1. The number of aryl methyl sites for hydroxylation is 2. The first kappa shape index (κ1) is 19.1. The number of hydrogen-bond acceptors (Lipinski definition) is 5. The molecule has 1 amide bonds. The summed E-state index contributed by atoms with van der Waals surface area (Å²) in [6, 6.07) is 10.6. The molecule has 0 bridgehead atoms. The van der Waals surface area contributed by atoms with E-state index in [9.17, 15) is 13.2 Å². The maximum absolute atomic E-state index is 12.8. The van der Waals surface area contributed by atoms with E-state index in [2.05, 4.69) is 10.3 Å². The fraction of sp³-hybridized carbons (Fsp3) is 0.300. The van der Waals surface area contributed by atoms with Gasteiger partial charge in [0.2, 0.25) is 5.88 Å². The van der Waals surface area contributed by atoms with E-state index in [0.717, 1.165) is 42.2 Å². The maximum Gasteiger partial charge on any atom is 0.257 e. The summed E-state index contributed by atoms with van der Waals surface area (Å²) in [6.07, 6.45) is 5.30. The average molecular weight is 386 g/mol. The van der Waals surface area contributed by atoms with Crippen LogP contribution in [-0.2, 0) is 22.7 Å². The number of para-hydroxylation sites is 1. The fourth-order valence-electron chi connectivity index (χ4n) is 2.89. The van der Waals surface area contributed by atoms with Gasteiger partial charge in [-0.2, -0.15) is 0 Å². The highest BCUT2D eigenvalue weighted by molar-refractivity contribution is 7.93. The van der Waals surface area contributed by atoms with Gasteiger partial charge in [-0.3, -0.25) is 4.79 Å². The van der Waals surface area contributed by atoms with Gasteiger partial charge in [-0.25, -0.2) is 13.4 Å². The predicted octanol–water partition coefficient (Wildman–Crippen LogP) is 3.04. The molecule has 0 radical (unpaired) electrons. The Balaban J connectivity index is 1.86. The SMILES string of the molecule is CC(/C=C/S(C)(=O)=O)NC(=O)c1cc2c(nc1Oc1ccccc1)CCC2. The molecule has 27 heavy (non-hydrogen) atoms. The molecule has 1 atom stereocenters. The number of nitrogens with zero attached hydrogens (tertiary/aromatic N) is 1. The van der Waals surface area contributed by atoms with Gasteiger partial charge < -0.3 is 10.1 Å². The first-order valence-electron chi connectivity index (χ1n) is 8.76. The van der Waals surface area contributed by atoms with Gasteiger partial charge in [0.1, 0.15) is 11.3 Å². The van der Waals surface area contributed by atoms with Gasteiger partial charge in [-0.15, -0.1) is 0 Å². The number of nitrogens with one attached hydrogen (secondary N) is 1. The highest BCUT2D eigenvalue weighted by Crippen LogP contribution is 2.29. The Morgan fingerprint density at radius 3 is 2.70 bits per heavy atom. The van der Waals surface area contributed by atoms with Crippen LogP contribution in [0.1, 0.15) is 35.0 Å². The number of aromatic nitrogens is 1. The number of sulfone groups is 1. The lowest BCUT2D eigenvalue weighted by Crippen LogP contribution is -2.31. The van der Waals surface area contributed by atoms with E-state index in [1.54, 1.807) is 19.1 Å². The second kappa shape index (κ2) is 7.92. The van der Waals surface area contributed by atoms with Crippen molar-refractivity contribution in [1.29, 1.82) is 0 Å². The molecule has 1 unspecified atom stereocenters. The lowest BCUT2D eigenvalue weighted by atomic mass is 10.1. The van der Waals surface area contributed by atoms with Crippen molar-refractivity contribution in [1.82, 2.24) is 10.3 Å². The monoisotopic (exact) mass is 386 g/mol. The molecule has 0 fully saturated rings. The Labute approximate surface area is 159 Å². The molecule has 1 aromatic carbocycles. The van der Waals surface area contributed by atoms with Gasteiger partial charge in [-0.1, -0.05) is 24.3 Å². The Morgan fingerprint density at radius 2 is 2.00 bits per heavy atom. The third-order valence-corrected chi connectivity index (χ3v) is 4.84. The number of carbonyl (C=O) groups is 1. The van der Waals surface area contributed by atoms with Crippen molar-refractivity contribution >= 4 is 15.7 Å². The van der Waals surface area contributed by atoms with Crippen LogP contribution in [0, 0.1) is 0 Å². The topological polar surface area (TPSA) is 85.4 Å². The molecule has 0 aliphatic heterocycles. The molecule has 2 aromatic rings. The largest absolute Gasteiger partial charge is 0.438 e. The molecule has 0 saturated carbocycles. The molecule has 0 saturated heterocycles. The van der Waals surface area contributed by atoms with Crippen LogP contribution in [-0.4, -0.2) is 31.6 Å². The fourth-order valence-corrected chi connectivity index (χ4v) is 3.41. The van der Waals surface area contributed by atoms with Crippen molar-refractivity contribution in [3.05, 3.63) is 64.7 Å². The second-order valence-electron chi connectivity index (χ2n) is 6.64. The minimum Gasteiger partial charge on any atom is -0.438 e. The summed E-state index contributed by atoms with van der Waals surface area (Å²) in [4.78, 5) is 17.3. The minimum atomic E-state index is -3.25. The molecule has 1 aromatic heterocycles. The van der Waals surface area contributed by atoms with Crippen LogP contribution in [0.3, 0.4) is 0 Å². The Morgan fingerprint density at radius 1 is 1.26 bits per heavy atom. The zero-order valence-corrected chi connectivity index (χ0v) is 16.1. The molecule has 1 heterocycles. The molecule has 1 N–H and O–H groups in total. The Bertz CT molecular complexity index is 969. The number of carbonyl (C=O) groups excluding carboxylic acids is 1. The summed E-state index contributed by atoms with van der Waals surface area (Å²) in [6.45, 7) is 1.71. The standard InChI is InChI=1S/C20H22N2O4S/c1-14(11-12-27(2,24)25)21-19(23)17-13-15-7-6-10-18(15)22-20(17)26-16-8-4-3-5-9-16/h3-5,8-9,11-14H,6-7,10H2,1-2H3,(H,21,23)/b12-11+. The van der Waals surface area contributed by atoms with Gasteiger partial charge in [0.15, 0.2) is 9.84 Å². The third kappa shape index (κ3) is 5.17. The highest BCUT2D eigenvalue weighted by atomic mass is 32.2. The van der Waals surface area contributed by atoms with Gasteiger partial charge in [-0.05, 0) is 49.9 Å². The van der Waals surface area contributed by atoms with E-state index in [0.29, 0.717) is 11.3 Å². The highest BCUT2D eigenvalue weighted by Gasteiger charge is 2.22. The summed E-state index contributed by atoms with van der Waals surface area (Å²) >= 11 is 0. The molecule has 1 aliphatic carbocycles. The molecule has 1 aliphatic rings. The Kier molecular flexibility index (Phi) is 5.60. The van der Waals surface area contributed by atoms with E-state index in [1.807, 2.05) is 24.3 Å². The number of pyridine rings is 1. The van der Waals surface area contributed by atoms with Gasteiger partial charge in [0, 0.05) is 23.4 Å².